The van der Waals surface area contributed by atoms with Crippen LogP contribution in [0.25, 0.3) is 10.9 Å². The first-order chi connectivity index (χ1) is 9.81. The average Bonchev–Trinajstić information content (AvgIpc) is 2.53. The normalized spacial score (nSPS) is 12.3. The van der Waals surface area contributed by atoms with Crippen molar-refractivity contribution < 1.29 is 4.74 Å². The number of pyridine rings is 1. The highest BCUT2D eigenvalue weighted by Gasteiger charge is 2.15. The topological polar surface area (TPSA) is 48.1 Å². The van der Waals surface area contributed by atoms with Crippen LogP contribution in [0.2, 0.25) is 0 Å². The van der Waals surface area contributed by atoms with Crippen LogP contribution in [0.15, 0.2) is 60.8 Å². The summed E-state index contributed by atoms with van der Waals surface area (Å²) < 4.78 is 5.40. The molecule has 0 aliphatic carbocycles. The van der Waals surface area contributed by atoms with Crippen molar-refractivity contribution in [3.8, 4) is 5.75 Å². The van der Waals surface area contributed by atoms with Crippen LogP contribution >= 0.6 is 0 Å². The molecule has 0 bridgehead atoms. The van der Waals surface area contributed by atoms with Gasteiger partial charge in [0.25, 0.3) is 0 Å². The SMILES string of the molecule is COc1ccccc1C(N)c1cccc2ncccc12. The van der Waals surface area contributed by atoms with Gasteiger partial charge >= 0.3 is 0 Å². The summed E-state index contributed by atoms with van der Waals surface area (Å²) in [6.07, 6.45) is 1.79. The Labute approximate surface area is 118 Å². The van der Waals surface area contributed by atoms with Gasteiger partial charge in [0.15, 0.2) is 0 Å². The number of nitrogens with zero attached hydrogens (tertiary/aromatic N) is 1. The van der Waals surface area contributed by atoms with Crippen molar-refractivity contribution in [2.45, 2.75) is 6.04 Å². The fourth-order valence-corrected chi connectivity index (χ4v) is 2.49. The molecule has 3 rings (SSSR count). The van der Waals surface area contributed by atoms with Gasteiger partial charge in [-0.25, -0.2) is 0 Å². The van der Waals surface area contributed by atoms with Crippen LogP contribution in [0.1, 0.15) is 17.2 Å². The van der Waals surface area contributed by atoms with Crippen molar-refractivity contribution in [2.75, 3.05) is 7.11 Å². The fraction of sp³-hybridized carbons (Fsp3) is 0.118. The highest BCUT2D eigenvalue weighted by Crippen LogP contribution is 2.31. The molecule has 3 nitrogen and oxygen atoms in total. The van der Waals surface area contributed by atoms with E-state index in [4.69, 9.17) is 10.5 Å². The average molecular weight is 264 g/mol. The molecule has 3 heteroatoms. The van der Waals surface area contributed by atoms with E-state index in [0.717, 1.165) is 27.8 Å². The molecular formula is C17H16N2O. The second kappa shape index (κ2) is 5.31. The Balaban J connectivity index is 2.15. The van der Waals surface area contributed by atoms with Crippen LogP contribution in [0.5, 0.6) is 5.75 Å². The quantitative estimate of drug-likeness (QED) is 0.789. The number of hydrogen-bond donors (Lipinski definition) is 1. The lowest BCUT2D eigenvalue weighted by atomic mass is 9.95. The molecule has 20 heavy (non-hydrogen) atoms. The first-order valence-corrected chi connectivity index (χ1v) is 6.53. The van der Waals surface area contributed by atoms with E-state index in [1.54, 1.807) is 13.3 Å². The second-order valence-corrected chi connectivity index (χ2v) is 4.64. The predicted octanol–water partition coefficient (Wildman–Crippen LogP) is 3.29. The summed E-state index contributed by atoms with van der Waals surface area (Å²) in [6.45, 7) is 0. The zero-order valence-electron chi connectivity index (χ0n) is 11.3. The molecule has 100 valence electrons. The Morgan fingerprint density at radius 1 is 0.950 bits per heavy atom. The highest BCUT2D eigenvalue weighted by molar-refractivity contribution is 5.83. The maximum absolute atomic E-state index is 6.45. The molecule has 0 amide bonds. The standard InChI is InChI=1S/C17H16N2O/c1-20-16-10-3-2-6-14(16)17(18)13-7-4-9-15-12(13)8-5-11-19-15/h2-11,17H,18H2,1H3. The van der Waals surface area contributed by atoms with Gasteiger partial charge in [-0.2, -0.15) is 0 Å². The van der Waals surface area contributed by atoms with Crippen LogP contribution in [0.4, 0.5) is 0 Å². The summed E-state index contributed by atoms with van der Waals surface area (Å²) in [4.78, 5) is 4.37. The molecule has 0 spiro atoms. The van der Waals surface area contributed by atoms with E-state index in [2.05, 4.69) is 4.98 Å². The maximum atomic E-state index is 6.45. The van der Waals surface area contributed by atoms with Crippen molar-refractivity contribution in [1.82, 2.24) is 4.98 Å². The number of para-hydroxylation sites is 1. The highest BCUT2D eigenvalue weighted by atomic mass is 16.5. The maximum Gasteiger partial charge on any atom is 0.123 e. The monoisotopic (exact) mass is 264 g/mol. The molecular weight excluding hydrogens is 248 g/mol. The summed E-state index contributed by atoms with van der Waals surface area (Å²) in [5, 5.41) is 1.08. The Bertz CT molecular complexity index is 734. The minimum absolute atomic E-state index is 0.237. The molecule has 2 aromatic carbocycles. The van der Waals surface area contributed by atoms with E-state index in [1.807, 2.05) is 54.6 Å². The minimum atomic E-state index is -0.237. The van der Waals surface area contributed by atoms with Gasteiger partial charge in [0, 0.05) is 17.1 Å². The van der Waals surface area contributed by atoms with Crippen LogP contribution in [0, 0.1) is 0 Å². The van der Waals surface area contributed by atoms with Gasteiger partial charge in [0.05, 0.1) is 18.7 Å². The number of hydrogen-bond acceptors (Lipinski definition) is 3. The number of ether oxygens (including phenoxy) is 1. The zero-order chi connectivity index (χ0) is 13.9. The van der Waals surface area contributed by atoms with E-state index in [0.29, 0.717) is 0 Å². The third-order valence-electron chi connectivity index (χ3n) is 3.49. The molecule has 0 saturated carbocycles. The van der Waals surface area contributed by atoms with Crippen LogP contribution in [-0.2, 0) is 0 Å². The first kappa shape index (κ1) is 12.6. The number of methoxy groups -OCH3 is 1. The van der Waals surface area contributed by atoms with Crippen molar-refractivity contribution in [2.24, 2.45) is 5.73 Å². The predicted molar refractivity (Wildman–Crippen MR) is 80.8 cm³/mol. The molecule has 2 N–H and O–H groups in total. The van der Waals surface area contributed by atoms with Crippen molar-refractivity contribution in [1.29, 1.82) is 0 Å². The summed E-state index contributed by atoms with van der Waals surface area (Å²) in [5.41, 5.74) is 9.44. The molecule has 0 aliphatic heterocycles. The largest absolute Gasteiger partial charge is 0.496 e. The van der Waals surface area contributed by atoms with Gasteiger partial charge in [-0.05, 0) is 23.8 Å². The molecule has 1 heterocycles. The summed E-state index contributed by atoms with van der Waals surface area (Å²) in [5.74, 6) is 0.806. The van der Waals surface area contributed by atoms with Crippen LogP contribution < -0.4 is 10.5 Å². The van der Waals surface area contributed by atoms with Crippen molar-refractivity contribution in [3.63, 3.8) is 0 Å². The van der Waals surface area contributed by atoms with Gasteiger partial charge in [-0.3, -0.25) is 4.98 Å². The van der Waals surface area contributed by atoms with Crippen molar-refractivity contribution in [3.05, 3.63) is 71.9 Å². The van der Waals surface area contributed by atoms with E-state index >= 15 is 0 Å². The van der Waals surface area contributed by atoms with Crippen LogP contribution in [0.3, 0.4) is 0 Å². The van der Waals surface area contributed by atoms with E-state index in [9.17, 15) is 0 Å². The van der Waals surface area contributed by atoms with E-state index in [-0.39, 0.29) is 6.04 Å². The lowest BCUT2D eigenvalue weighted by Gasteiger charge is -2.17. The Kier molecular flexibility index (Phi) is 3.35. The Hall–Kier alpha value is -2.39. The first-order valence-electron chi connectivity index (χ1n) is 6.53. The molecule has 0 fully saturated rings. The molecule has 1 aromatic heterocycles. The second-order valence-electron chi connectivity index (χ2n) is 4.64. The lowest BCUT2D eigenvalue weighted by molar-refractivity contribution is 0.408. The summed E-state index contributed by atoms with van der Waals surface area (Å²) >= 11 is 0. The zero-order valence-corrected chi connectivity index (χ0v) is 11.3. The van der Waals surface area contributed by atoms with E-state index in [1.165, 1.54) is 0 Å². The number of fused-ring (bicyclic) bond motifs is 1. The van der Waals surface area contributed by atoms with Gasteiger partial charge in [0.1, 0.15) is 5.75 Å². The number of aromatic nitrogens is 1. The van der Waals surface area contributed by atoms with Crippen LogP contribution in [-0.4, -0.2) is 12.1 Å². The molecule has 0 radical (unpaired) electrons. The van der Waals surface area contributed by atoms with E-state index < -0.39 is 0 Å². The third-order valence-corrected chi connectivity index (χ3v) is 3.49. The summed E-state index contributed by atoms with van der Waals surface area (Å²) in [7, 11) is 1.66. The molecule has 0 saturated heterocycles. The molecule has 0 aliphatic rings. The number of nitrogens with two attached hydrogens (primary N) is 1. The van der Waals surface area contributed by atoms with Crippen molar-refractivity contribution >= 4 is 10.9 Å². The smallest absolute Gasteiger partial charge is 0.123 e. The molecule has 1 atom stereocenters. The molecule has 3 aromatic rings. The van der Waals surface area contributed by atoms with Gasteiger partial charge in [-0.1, -0.05) is 36.4 Å². The molecule has 1 unspecified atom stereocenters. The number of rotatable bonds is 3. The Morgan fingerprint density at radius 2 is 1.75 bits per heavy atom. The Morgan fingerprint density at radius 3 is 2.60 bits per heavy atom. The van der Waals surface area contributed by atoms with Gasteiger partial charge in [-0.15, -0.1) is 0 Å². The number of benzene rings is 2. The summed E-state index contributed by atoms with van der Waals surface area (Å²) in [6, 6.07) is 17.6. The fourth-order valence-electron chi connectivity index (χ4n) is 2.49. The minimum Gasteiger partial charge on any atom is -0.496 e. The van der Waals surface area contributed by atoms with Gasteiger partial charge < -0.3 is 10.5 Å². The van der Waals surface area contributed by atoms with Gasteiger partial charge in [0.2, 0.25) is 0 Å². The third kappa shape index (κ3) is 2.12. The lowest BCUT2D eigenvalue weighted by Crippen LogP contribution is -2.13.